The van der Waals surface area contributed by atoms with Crippen LogP contribution in [0.25, 0.3) is 5.65 Å². The molecule has 3 aromatic heterocycles. The zero-order valence-electron chi connectivity index (χ0n) is 13.2. The van der Waals surface area contributed by atoms with Crippen LogP contribution in [0.15, 0.2) is 46.0 Å². The maximum atomic E-state index is 12.5. The van der Waals surface area contributed by atoms with Crippen molar-refractivity contribution in [2.24, 2.45) is 0 Å². The second kappa shape index (κ2) is 6.40. The highest BCUT2D eigenvalue weighted by Crippen LogP contribution is 2.24. The molecule has 0 N–H and O–H groups in total. The van der Waals surface area contributed by atoms with Crippen molar-refractivity contribution in [2.45, 2.75) is 19.4 Å². The quantitative estimate of drug-likeness (QED) is 0.525. The Labute approximate surface area is 142 Å². The molecule has 0 amide bonds. The Morgan fingerprint density at radius 2 is 2.21 bits per heavy atom. The second-order valence-electron chi connectivity index (χ2n) is 5.57. The van der Waals surface area contributed by atoms with Crippen LogP contribution < -0.4 is 10.5 Å². The summed E-state index contributed by atoms with van der Waals surface area (Å²) in [5.41, 5.74) is 0.366. The molecular weight excluding hydrogens is 328 g/mol. The van der Waals surface area contributed by atoms with Crippen molar-refractivity contribution >= 4 is 28.5 Å². The lowest BCUT2D eigenvalue weighted by Crippen LogP contribution is -2.34. The van der Waals surface area contributed by atoms with Gasteiger partial charge in [0.15, 0.2) is 0 Å². The molecule has 0 radical (unpaired) electrons. The van der Waals surface area contributed by atoms with E-state index >= 15 is 0 Å². The van der Waals surface area contributed by atoms with E-state index in [1.165, 1.54) is 10.6 Å². The van der Waals surface area contributed by atoms with Crippen molar-refractivity contribution in [3.05, 3.63) is 67.3 Å². The van der Waals surface area contributed by atoms with E-state index in [9.17, 15) is 14.9 Å². The van der Waals surface area contributed by atoms with Gasteiger partial charge in [-0.2, -0.15) is 11.3 Å². The fourth-order valence-corrected chi connectivity index (χ4v) is 3.25. The molecule has 3 heterocycles. The van der Waals surface area contributed by atoms with Crippen LogP contribution in [-0.4, -0.2) is 27.4 Å². The first-order valence-corrected chi connectivity index (χ1v) is 8.33. The molecule has 24 heavy (non-hydrogen) atoms. The van der Waals surface area contributed by atoms with Crippen LogP contribution in [0.2, 0.25) is 0 Å². The lowest BCUT2D eigenvalue weighted by Gasteiger charge is -2.25. The van der Waals surface area contributed by atoms with Gasteiger partial charge in [0, 0.05) is 19.3 Å². The predicted octanol–water partition coefficient (Wildman–Crippen LogP) is 2.73. The molecule has 3 aromatic rings. The van der Waals surface area contributed by atoms with E-state index in [2.05, 4.69) is 4.98 Å². The molecule has 124 valence electrons. The van der Waals surface area contributed by atoms with Gasteiger partial charge in [-0.1, -0.05) is 6.07 Å². The minimum Gasteiger partial charge on any atom is -0.351 e. The fourth-order valence-electron chi connectivity index (χ4n) is 2.57. The highest BCUT2D eigenvalue weighted by Gasteiger charge is 2.28. The molecule has 7 nitrogen and oxygen atoms in total. The first-order chi connectivity index (χ1) is 11.5. The van der Waals surface area contributed by atoms with Gasteiger partial charge in [0.05, 0.1) is 4.92 Å². The van der Waals surface area contributed by atoms with Gasteiger partial charge in [0.1, 0.15) is 5.65 Å². The van der Waals surface area contributed by atoms with Crippen LogP contribution in [0, 0.1) is 10.1 Å². The molecule has 0 aliphatic carbocycles. The van der Waals surface area contributed by atoms with Crippen molar-refractivity contribution in [2.75, 3.05) is 11.9 Å². The van der Waals surface area contributed by atoms with Crippen LogP contribution in [0.5, 0.6) is 0 Å². The molecule has 8 heteroatoms. The lowest BCUT2D eigenvalue weighted by molar-refractivity contribution is -0.385. The number of aromatic nitrogens is 2. The minimum atomic E-state index is -0.671. The number of fused-ring (bicyclic) bond motifs is 1. The summed E-state index contributed by atoms with van der Waals surface area (Å²) >= 11 is 1.61. The molecule has 0 aliphatic heterocycles. The van der Waals surface area contributed by atoms with E-state index < -0.39 is 16.2 Å². The third kappa shape index (κ3) is 2.88. The molecule has 3 rings (SSSR count). The van der Waals surface area contributed by atoms with Crippen LogP contribution in [0.4, 0.5) is 11.5 Å². The van der Waals surface area contributed by atoms with E-state index in [1.54, 1.807) is 41.5 Å². The summed E-state index contributed by atoms with van der Waals surface area (Å²) in [6.45, 7) is 1.95. The molecule has 0 fully saturated rings. The predicted molar refractivity (Wildman–Crippen MR) is 94.0 cm³/mol. The highest BCUT2D eigenvalue weighted by atomic mass is 32.1. The maximum absolute atomic E-state index is 12.5. The SMILES string of the molecule is CC(Cc1ccsc1)N(C)c1nc2ccccn2c(=O)c1[N+](=O)[O-]. The fraction of sp³-hybridized carbons (Fsp3) is 0.250. The molecule has 0 spiro atoms. The standard InChI is InChI=1S/C16H16N4O3S/c1-11(9-12-6-8-24-10-12)18(2)15-14(20(22)23)16(21)19-7-4-3-5-13(19)17-15/h3-8,10-11H,9H2,1-2H3. The van der Waals surface area contributed by atoms with E-state index in [0.29, 0.717) is 12.1 Å². The number of hydrogen-bond donors (Lipinski definition) is 0. The van der Waals surface area contributed by atoms with Crippen molar-refractivity contribution in [1.82, 2.24) is 9.38 Å². The molecule has 1 unspecified atom stereocenters. The smallest absolute Gasteiger partial charge is 0.351 e. The van der Waals surface area contributed by atoms with Gasteiger partial charge in [0.25, 0.3) is 0 Å². The summed E-state index contributed by atoms with van der Waals surface area (Å²) in [6, 6.07) is 7.02. The third-order valence-corrected chi connectivity index (χ3v) is 4.71. The van der Waals surface area contributed by atoms with Gasteiger partial charge in [-0.3, -0.25) is 19.3 Å². The molecule has 0 saturated heterocycles. The molecule has 1 atom stereocenters. The number of pyridine rings is 1. The normalized spacial score (nSPS) is 12.2. The average molecular weight is 344 g/mol. The number of hydrogen-bond acceptors (Lipinski definition) is 6. The topological polar surface area (TPSA) is 80.8 Å². The van der Waals surface area contributed by atoms with Crippen molar-refractivity contribution < 1.29 is 4.92 Å². The van der Waals surface area contributed by atoms with Crippen molar-refractivity contribution in [3.8, 4) is 0 Å². The van der Waals surface area contributed by atoms with E-state index in [1.807, 2.05) is 23.8 Å². The van der Waals surface area contributed by atoms with Gasteiger partial charge in [0.2, 0.25) is 5.82 Å². The van der Waals surface area contributed by atoms with E-state index in [4.69, 9.17) is 0 Å². The Morgan fingerprint density at radius 1 is 1.42 bits per heavy atom. The molecule has 0 bridgehead atoms. The number of thiophene rings is 1. The van der Waals surface area contributed by atoms with Crippen LogP contribution in [0.1, 0.15) is 12.5 Å². The zero-order valence-corrected chi connectivity index (χ0v) is 14.1. The molecule has 0 saturated carbocycles. The lowest BCUT2D eigenvalue weighted by atomic mass is 10.1. The minimum absolute atomic E-state index is 0.0450. The summed E-state index contributed by atoms with van der Waals surface area (Å²) < 4.78 is 1.19. The molecule has 0 aliphatic rings. The van der Waals surface area contributed by atoms with E-state index in [0.717, 1.165) is 5.56 Å². The Morgan fingerprint density at radius 3 is 2.88 bits per heavy atom. The maximum Gasteiger partial charge on any atom is 0.376 e. The Bertz CT molecular complexity index is 936. The van der Waals surface area contributed by atoms with Crippen molar-refractivity contribution in [3.63, 3.8) is 0 Å². The first-order valence-electron chi connectivity index (χ1n) is 7.38. The summed E-state index contributed by atoms with van der Waals surface area (Å²) in [5.74, 6) is 0.0962. The monoisotopic (exact) mass is 344 g/mol. The van der Waals surface area contributed by atoms with Crippen LogP contribution in [0.3, 0.4) is 0 Å². The van der Waals surface area contributed by atoms with Gasteiger partial charge in [-0.15, -0.1) is 0 Å². The van der Waals surface area contributed by atoms with Gasteiger partial charge in [-0.25, -0.2) is 4.98 Å². The summed E-state index contributed by atoms with van der Waals surface area (Å²) in [7, 11) is 1.73. The zero-order chi connectivity index (χ0) is 17.3. The number of anilines is 1. The number of nitrogens with zero attached hydrogens (tertiary/aromatic N) is 4. The van der Waals surface area contributed by atoms with Gasteiger partial charge in [-0.05, 0) is 47.9 Å². The molecule has 0 aromatic carbocycles. The average Bonchev–Trinajstić information content (AvgIpc) is 3.06. The number of likely N-dealkylation sites (N-methyl/N-ethyl adjacent to an activating group) is 1. The second-order valence-corrected chi connectivity index (χ2v) is 6.35. The van der Waals surface area contributed by atoms with Crippen LogP contribution in [-0.2, 0) is 6.42 Å². The highest BCUT2D eigenvalue weighted by molar-refractivity contribution is 7.07. The largest absolute Gasteiger partial charge is 0.376 e. The number of rotatable bonds is 5. The summed E-state index contributed by atoms with van der Waals surface area (Å²) in [6.07, 6.45) is 2.20. The number of nitro groups is 1. The van der Waals surface area contributed by atoms with E-state index in [-0.39, 0.29) is 11.9 Å². The Balaban J connectivity index is 2.08. The summed E-state index contributed by atoms with van der Waals surface area (Å²) in [5, 5.41) is 15.5. The first kappa shape index (κ1) is 16.1. The Hall–Kier alpha value is -2.74. The molecular formula is C16H16N4O3S. The van der Waals surface area contributed by atoms with Gasteiger partial charge < -0.3 is 4.90 Å². The van der Waals surface area contributed by atoms with Crippen LogP contribution >= 0.6 is 11.3 Å². The summed E-state index contributed by atoms with van der Waals surface area (Å²) in [4.78, 5) is 29.3. The van der Waals surface area contributed by atoms with Gasteiger partial charge >= 0.3 is 11.2 Å². The third-order valence-electron chi connectivity index (χ3n) is 3.98. The Kier molecular flexibility index (Phi) is 4.30. The van der Waals surface area contributed by atoms with Crippen molar-refractivity contribution in [1.29, 1.82) is 0 Å².